The van der Waals surface area contributed by atoms with Gasteiger partial charge in [-0.15, -0.1) is 0 Å². The summed E-state index contributed by atoms with van der Waals surface area (Å²) in [6.45, 7) is 0.787. The minimum absolute atomic E-state index is 0.0780. The SMILES string of the molecule is NS(=O)(=O)CCNCc1occc1Br. The van der Waals surface area contributed by atoms with E-state index in [4.69, 9.17) is 9.56 Å². The molecule has 80 valence electrons. The predicted molar refractivity (Wildman–Crippen MR) is 56.1 cm³/mol. The van der Waals surface area contributed by atoms with Crippen molar-refractivity contribution in [3.05, 3.63) is 22.6 Å². The van der Waals surface area contributed by atoms with Gasteiger partial charge < -0.3 is 9.73 Å². The van der Waals surface area contributed by atoms with E-state index in [1.165, 1.54) is 0 Å². The van der Waals surface area contributed by atoms with Crippen LogP contribution in [0.2, 0.25) is 0 Å². The average molecular weight is 283 g/mol. The molecule has 14 heavy (non-hydrogen) atoms. The second-order valence-electron chi connectivity index (χ2n) is 2.74. The van der Waals surface area contributed by atoms with Crippen LogP contribution < -0.4 is 10.5 Å². The first-order chi connectivity index (χ1) is 6.49. The Morgan fingerprint density at radius 3 is 2.79 bits per heavy atom. The van der Waals surface area contributed by atoms with E-state index < -0.39 is 10.0 Å². The van der Waals surface area contributed by atoms with Gasteiger partial charge in [0.05, 0.1) is 23.0 Å². The highest BCUT2D eigenvalue weighted by Crippen LogP contribution is 2.16. The first kappa shape index (κ1) is 11.7. The van der Waals surface area contributed by atoms with Crippen LogP contribution in [-0.2, 0) is 16.6 Å². The van der Waals surface area contributed by atoms with Crippen LogP contribution in [0.25, 0.3) is 0 Å². The molecule has 0 unspecified atom stereocenters. The van der Waals surface area contributed by atoms with Crippen molar-refractivity contribution in [3.63, 3.8) is 0 Å². The van der Waals surface area contributed by atoms with Crippen LogP contribution >= 0.6 is 15.9 Å². The Labute approximate surface area is 90.8 Å². The Balaban J connectivity index is 2.26. The third-order valence-corrected chi connectivity index (χ3v) is 3.02. The molecular formula is C7H11BrN2O3S. The van der Waals surface area contributed by atoms with E-state index in [9.17, 15) is 8.42 Å². The van der Waals surface area contributed by atoms with Crippen molar-refractivity contribution in [3.8, 4) is 0 Å². The van der Waals surface area contributed by atoms with Gasteiger partial charge >= 0.3 is 0 Å². The number of hydrogen-bond donors (Lipinski definition) is 2. The van der Waals surface area contributed by atoms with Crippen molar-refractivity contribution < 1.29 is 12.8 Å². The fourth-order valence-corrected chi connectivity index (χ4v) is 1.64. The molecule has 0 atom stereocenters. The van der Waals surface area contributed by atoms with Crippen molar-refractivity contribution in [1.29, 1.82) is 0 Å². The molecule has 1 rings (SSSR count). The molecule has 1 aromatic heterocycles. The summed E-state index contributed by atoms with van der Waals surface area (Å²) in [6.07, 6.45) is 1.56. The van der Waals surface area contributed by atoms with Gasteiger partial charge in [-0.3, -0.25) is 0 Å². The van der Waals surface area contributed by atoms with Gasteiger partial charge in [-0.1, -0.05) is 0 Å². The van der Waals surface area contributed by atoms with E-state index in [1.807, 2.05) is 0 Å². The highest BCUT2D eigenvalue weighted by atomic mass is 79.9. The second-order valence-corrected chi connectivity index (χ2v) is 5.32. The smallest absolute Gasteiger partial charge is 0.210 e. The molecule has 0 saturated heterocycles. The lowest BCUT2D eigenvalue weighted by Gasteiger charge is -2.01. The molecule has 7 heteroatoms. The summed E-state index contributed by atoms with van der Waals surface area (Å²) >= 11 is 3.28. The number of furan rings is 1. The Morgan fingerprint density at radius 2 is 2.29 bits per heavy atom. The third kappa shape index (κ3) is 4.23. The summed E-state index contributed by atoms with van der Waals surface area (Å²) < 4.78 is 27.1. The zero-order valence-electron chi connectivity index (χ0n) is 7.36. The molecule has 0 saturated carbocycles. The van der Waals surface area contributed by atoms with Gasteiger partial charge in [-0.25, -0.2) is 13.6 Å². The van der Waals surface area contributed by atoms with E-state index in [0.29, 0.717) is 13.1 Å². The van der Waals surface area contributed by atoms with Crippen molar-refractivity contribution in [1.82, 2.24) is 5.32 Å². The second kappa shape index (κ2) is 4.92. The molecule has 3 N–H and O–H groups in total. The van der Waals surface area contributed by atoms with Crippen LogP contribution in [0.4, 0.5) is 0 Å². The van der Waals surface area contributed by atoms with Gasteiger partial charge in [0.1, 0.15) is 5.76 Å². The van der Waals surface area contributed by atoms with Crippen LogP contribution in [0.5, 0.6) is 0 Å². The number of hydrogen-bond acceptors (Lipinski definition) is 4. The topological polar surface area (TPSA) is 85.3 Å². The zero-order valence-corrected chi connectivity index (χ0v) is 9.77. The predicted octanol–water partition coefficient (Wildman–Crippen LogP) is 0.420. The average Bonchev–Trinajstić information content (AvgIpc) is 2.44. The van der Waals surface area contributed by atoms with E-state index in [2.05, 4.69) is 21.2 Å². The number of sulfonamides is 1. The van der Waals surface area contributed by atoms with E-state index in [1.54, 1.807) is 12.3 Å². The van der Waals surface area contributed by atoms with Crippen molar-refractivity contribution in [2.45, 2.75) is 6.54 Å². The number of rotatable bonds is 5. The molecule has 0 amide bonds. The zero-order chi connectivity index (χ0) is 10.6. The van der Waals surface area contributed by atoms with Gasteiger partial charge in [0.25, 0.3) is 0 Å². The molecule has 0 aromatic carbocycles. The summed E-state index contributed by atoms with van der Waals surface area (Å²) in [4.78, 5) is 0. The van der Waals surface area contributed by atoms with Gasteiger partial charge in [0.15, 0.2) is 0 Å². The Hall–Kier alpha value is -0.370. The highest BCUT2D eigenvalue weighted by molar-refractivity contribution is 9.10. The van der Waals surface area contributed by atoms with Crippen LogP contribution in [0.3, 0.4) is 0 Å². The summed E-state index contributed by atoms with van der Waals surface area (Å²) in [5, 5.41) is 7.73. The van der Waals surface area contributed by atoms with Gasteiger partial charge in [-0.2, -0.15) is 0 Å². The van der Waals surface area contributed by atoms with Crippen molar-refractivity contribution >= 4 is 26.0 Å². The molecule has 0 fully saturated rings. The Morgan fingerprint density at radius 1 is 1.57 bits per heavy atom. The number of primary sulfonamides is 1. The summed E-state index contributed by atoms with van der Waals surface area (Å²) in [7, 11) is -3.38. The molecule has 0 aliphatic heterocycles. The number of halogens is 1. The van der Waals surface area contributed by atoms with Gasteiger partial charge in [0, 0.05) is 6.54 Å². The molecule has 0 radical (unpaired) electrons. The third-order valence-electron chi connectivity index (χ3n) is 1.54. The fourth-order valence-electron chi connectivity index (χ4n) is 0.868. The maximum Gasteiger partial charge on any atom is 0.210 e. The standard InChI is InChI=1S/C7H11BrN2O3S/c8-6-1-3-13-7(6)5-10-2-4-14(9,11)12/h1,3,10H,2,4-5H2,(H2,9,11,12). The molecule has 0 bridgehead atoms. The normalized spacial score (nSPS) is 11.9. The summed E-state index contributed by atoms with van der Waals surface area (Å²) in [6, 6.07) is 1.77. The first-order valence-corrected chi connectivity index (χ1v) is 6.43. The van der Waals surface area contributed by atoms with Crippen LogP contribution in [0, 0.1) is 0 Å². The van der Waals surface area contributed by atoms with Crippen LogP contribution in [0.15, 0.2) is 21.2 Å². The van der Waals surface area contributed by atoms with Gasteiger partial charge in [0.2, 0.25) is 10.0 Å². The summed E-state index contributed by atoms with van der Waals surface area (Å²) in [5.74, 6) is 0.658. The molecule has 1 heterocycles. The van der Waals surface area contributed by atoms with Crippen LogP contribution in [0.1, 0.15) is 5.76 Å². The van der Waals surface area contributed by atoms with E-state index >= 15 is 0 Å². The lowest BCUT2D eigenvalue weighted by molar-refractivity contribution is 0.484. The molecule has 1 aromatic rings. The van der Waals surface area contributed by atoms with Crippen molar-refractivity contribution in [2.75, 3.05) is 12.3 Å². The Kier molecular flexibility index (Phi) is 4.11. The molecular weight excluding hydrogens is 272 g/mol. The van der Waals surface area contributed by atoms with E-state index in [0.717, 1.165) is 10.2 Å². The van der Waals surface area contributed by atoms with Crippen molar-refractivity contribution in [2.24, 2.45) is 5.14 Å². The number of nitrogens with two attached hydrogens (primary N) is 1. The molecule has 0 aliphatic rings. The lowest BCUT2D eigenvalue weighted by atomic mass is 10.4. The monoisotopic (exact) mass is 282 g/mol. The minimum atomic E-state index is -3.38. The molecule has 5 nitrogen and oxygen atoms in total. The molecule has 0 aliphatic carbocycles. The lowest BCUT2D eigenvalue weighted by Crippen LogP contribution is -2.26. The highest BCUT2D eigenvalue weighted by Gasteiger charge is 2.04. The van der Waals surface area contributed by atoms with E-state index in [-0.39, 0.29) is 5.75 Å². The largest absolute Gasteiger partial charge is 0.467 e. The molecule has 0 spiro atoms. The maximum atomic E-state index is 10.6. The number of nitrogens with one attached hydrogen (secondary N) is 1. The minimum Gasteiger partial charge on any atom is -0.467 e. The maximum absolute atomic E-state index is 10.6. The van der Waals surface area contributed by atoms with Crippen LogP contribution in [-0.4, -0.2) is 20.7 Å². The quantitative estimate of drug-likeness (QED) is 0.767. The first-order valence-electron chi connectivity index (χ1n) is 3.92. The fraction of sp³-hybridized carbons (Fsp3) is 0.429. The summed E-state index contributed by atoms with van der Waals surface area (Å²) in [5.41, 5.74) is 0. The Bertz CT molecular complexity index is 387. The van der Waals surface area contributed by atoms with Gasteiger partial charge in [-0.05, 0) is 22.0 Å².